The Hall–Kier alpha value is -0.190. The van der Waals surface area contributed by atoms with Gasteiger partial charge in [-0.3, -0.25) is 0 Å². The first-order chi connectivity index (χ1) is 7.29. The highest BCUT2D eigenvalue weighted by Crippen LogP contribution is 2.13. The van der Waals surface area contributed by atoms with Gasteiger partial charge in [0.1, 0.15) is 5.60 Å². The number of halogens is 2. The van der Waals surface area contributed by atoms with E-state index in [0.29, 0.717) is 12.0 Å². The Morgan fingerprint density at radius 3 is 2.33 bits per heavy atom. The van der Waals surface area contributed by atoms with Gasteiger partial charge < -0.3 is 15.0 Å². The molecule has 0 saturated carbocycles. The number of amides is 1. The van der Waals surface area contributed by atoms with Crippen LogP contribution < -0.4 is 5.32 Å². The third kappa shape index (κ3) is 6.66. The summed E-state index contributed by atoms with van der Waals surface area (Å²) in [7, 11) is 0. The molecule has 1 aliphatic heterocycles. The van der Waals surface area contributed by atoms with Crippen molar-refractivity contribution >= 4 is 30.9 Å². The molecule has 1 saturated heterocycles. The molecule has 110 valence electrons. The Kier molecular flexibility index (Phi) is 9.03. The number of rotatable bonds is 1. The molecule has 1 heterocycles. The van der Waals surface area contributed by atoms with Gasteiger partial charge >= 0.3 is 6.09 Å². The summed E-state index contributed by atoms with van der Waals surface area (Å²) in [4.78, 5) is 13.7. The average molecular weight is 301 g/mol. The molecule has 1 fully saturated rings. The van der Waals surface area contributed by atoms with Crippen LogP contribution in [0.15, 0.2) is 0 Å². The monoisotopic (exact) mass is 300 g/mol. The summed E-state index contributed by atoms with van der Waals surface area (Å²) < 4.78 is 5.36. The predicted molar refractivity (Wildman–Crippen MR) is 78.9 cm³/mol. The van der Waals surface area contributed by atoms with Crippen LogP contribution in [-0.4, -0.2) is 42.3 Å². The Labute approximate surface area is 123 Å². The van der Waals surface area contributed by atoms with Gasteiger partial charge in [-0.15, -0.1) is 24.8 Å². The molecule has 0 radical (unpaired) electrons. The Morgan fingerprint density at radius 1 is 1.33 bits per heavy atom. The van der Waals surface area contributed by atoms with Crippen LogP contribution in [0.25, 0.3) is 0 Å². The van der Waals surface area contributed by atoms with Crippen LogP contribution in [0.1, 0.15) is 34.6 Å². The van der Waals surface area contributed by atoms with E-state index < -0.39 is 5.60 Å². The van der Waals surface area contributed by atoms with Crippen molar-refractivity contribution in [3.63, 3.8) is 0 Å². The normalized spacial score (nSPS) is 19.9. The van der Waals surface area contributed by atoms with Gasteiger partial charge in [-0.05, 0) is 26.7 Å². The summed E-state index contributed by atoms with van der Waals surface area (Å²) in [6, 6.07) is 0.376. The molecule has 1 atom stereocenters. The van der Waals surface area contributed by atoms with E-state index in [9.17, 15) is 4.79 Å². The second-order valence-corrected chi connectivity index (χ2v) is 5.73. The number of piperazine rings is 1. The van der Waals surface area contributed by atoms with Crippen molar-refractivity contribution in [2.45, 2.75) is 46.3 Å². The first-order valence-corrected chi connectivity index (χ1v) is 6.01. The van der Waals surface area contributed by atoms with Gasteiger partial charge in [-0.25, -0.2) is 4.79 Å². The highest BCUT2D eigenvalue weighted by atomic mass is 35.5. The second-order valence-electron chi connectivity index (χ2n) is 5.73. The van der Waals surface area contributed by atoms with E-state index in [0.717, 1.165) is 19.6 Å². The van der Waals surface area contributed by atoms with E-state index in [2.05, 4.69) is 19.2 Å². The summed E-state index contributed by atoms with van der Waals surface area (Å²) in [5, 5.41) is 3.42. The summed E-state index contributed by atoms with van der Waals surface area (Å²) in [6.07, 6.45) is -0.195. The fourth-order valence-electron chi connectivity index (χ4n) is 1.72. The minimum Gasteiger partial charge on any atom is -0.444 e. The fraction of sp³-hybridized carbons (Fsp3) is 0.917. The van der Waals surface area contributed by atoms with E-state index in [1.807, 2.05) is 20.8 Å². The summed E-state index contributed by atoms with van der Waals surface area (Å²) >= 11 is 0. The Morgan fingerprint density at radius 2 is 1.89 bits per heavy atom. The van der Waals surface area contributed by atoms with Crippen molar-refractivity contribution in [1.82, 2.24) is 10.2 Å². The Balaban J connectivity index is 0. The van der Waals surface area contributed by atoms with E-state index in [4.69, 9.17) is 4.74 Å². The lowest BCUT2D eigenvalue weighted by Gasteiger charge is -2.36. The summed E-state index contributed by atoms with van der Waals surface area (Å²) in [5.74, 6) is 0.533. The summed E-state index contributed by atoms with van der Waals surface area (Å²) in [5.41, 5.74) is -0.407. The first kappa shape index (κ1) is 20.1. The Bertz CT molecular complexity index is 255. The van der Waals surface area contributed by atoms with Gasteiger partial charge in [-0.2, -0.15) is 0 Å². The maximum Gasteiger partial charge on any atom is 0.410 e. The molecule has 0 aromatic heterocycles. The fourth-order valence-corrected chi connectivity index (χ4v) is 1.72. The lowest BCUT2D eigenvalue weighted by Crippen LogP contribution is -2.55. The SMILES string of the molecule is CC(C)[C@@H]1CN(C(=O)OC(C)(C)C)CCN1.Cl.Cl. The lowest BCUT2D eigenvalue weighted by atomic mass is 10.0. The third-order valence-electron chi connectivity index (χ3n) is 2.66. The number of nitrogens with zero attached hydrogens (tertiary/aromatic N) is 1. The van der Waals surface area contributed by atoms with Crippen molar-refractivity contribution in [2.75, 3.05) is 19.6 Å². The van der Waals surface area contributed by atoms with E-state index >= 15 is 0 Å². The van der Waals surface area contributed by atoms with Gasteiger partial charge in [0.25, 0.3) is 0 Å². The summed E-state index contributed by atoms with van der Waals surface area (Å²) in [6.45, 7) is 12.3. The van der Waals surface area contributed by atoms with Gasteiger partial charge in [0.05, 0.1) is 0 Å². The highest BCUT2D eigenvalue weighted by Gasteiger charge is 2.28. The maximum absolute atomic E-state index is 11.9. The molecule has 0 unspecified atom stereocenters. The first-order valence-electron chi connectivity index (χ1n) is 6.01. The molecule has 0 bridgehead atoms. The van der Waals surface area contributed by atoms with Crippen molar-refractivity contribution in [3.8, 4) is 0 Å². The van der Waals surface area contributed by atoms with Crippen LogP contribution in [0, 0.1) is 5.92 Å². The zero-order chi connectivity index (χ0) is 12.3. The molecular formula is C12H26Cl2N2O2. The zero-order valence-electron chi connectivity index (χ0n) is 11.9. The number of hydrogen-bond donors (Lipinski definition) is 1. The van der Waals surface area contributed by atoms with Crippen LogP contribution in [0.5, 0.6) is 0 Å². The quantitative estimate of drug-likeness (QED) is 0.809. The number of carbonyl (C=O) groups excluding carboxylic acids is 1. The van der Waals surface area contributed by atoms with Gasteiger partial charge in [0.2, 0.25) is 0 Å². The number of nitrogens with one attached hydrogen (secondary N) is 1. The molecule has 0 aromatic rings. The van der Waals surface area contributed by atoms with Crippen molar-refractivity contribution in [3.05, 3.63) is 0 Å². The smallest absolute Gasteiger partial charge is 0.410 e. The van der Waals surface area contributed by atoms with Gasteiger partial charge in [0, 0.05) is 25.7 Å². The van der Waals surface area contributed by atoms with Crippen LogP contribution >= 0.6 is 24.8 Å². The molecule has 0 aliphatic carbocycles. The molecule has 6 heteroatoms. The zero-order valence-corrected chi connectivity index (χ0v) is 13.5. The molecule has 0 aromatic carbocycles. The molecular weight excluding hydrogens is 275 g/mol. The second kappa shape index (κ2) is 8.08. The van der Waals surface area contributed by atoms with Gasteiger partial charge in [-0.1, -0.05) is 13.8 Å². The van der Waals surface area contributed by atoms with Crippen LogP contribution in [0.2, 0.25) is 0 Å². The number of ether oxygens (including phenoxy) is 1. The molecule has 0 spiro atoms. The average Bonchev–Trinajstić information content (AvgIpc) is 2.15. The van der Waals surface area contributed by atoms with Crippen LogP contribution in [0.4, 0.5) is 4.79 Å². The topological polar surface area (TPSA) is 41.6 Å². The minimum atomic E-state index is -0.407. The molecule has 4 nitrogen and oxygen atoms in total. The van der Waals surface area contributed by atoms with Crippen LogP contribution in [0.3, 0.4) is 0 Å². The maximum atomic E-state index is 11.9. The molecule has 1 aliphatic rings. The molecule has 1 rings (SSSR count). The minimum absolute atomic E-state index is 0. The third-order valence-corrected chi connectivity index (χ3v) is 2.66. The molecule has 1 N–H and O–H groups in total. The predicted octanol–water partition coefficient (Wildman–Crippen LogP) is 2.69. The van der Waals surface area contributed by atoms with Crippen molar-refractivity contribution in [1.29, 1.82) is 0 Å². The number of hydrogen-bond acceptors (Lipinski definition) is 3. The van der Waals surface area contributed by atoms with E-state index in [-0.39, 0.29) is 30.9 Å². The molecule has 18 heavy (non-hydrogen) atoms. The molecule has 1 amide bonds. The van der Waals surface area contributed by atoms with E-state index in [1.54, 1.807) is 4.90 Å². The standard InChI is InChI=1S/C12H24N2O2.2ClH/c1-9(2)10-8-14(7-6-13-10)11(15)16-12(3,4)5;;/h9-10,13H,6-8H2,1-5H3;2*1H/t10-;;/m0../s1. The highest BCUT2D eigenvalue weighted by molar-refractivity contribution is 5.85. The van der Waals surface area contributed by atoms with Crippen molar-refractivity contribution < 1.29 is 9.53 Å². The van der Waals surface area contributed by atoms with Crippen LogP contribution in [-0.2, 0) is 4.74 Å². The van der Waals surface area contributed by atoms with Crippen molar-refractivity contribution in [2.24, 2.45) is 5.92 Å². The lowest BCUT2D eigenvalue weighted by molar-refractivity contribution is 0.0179. The number of carbonyl (C=O) groups is 1. The van der Waals surface area contributed by atoms with Gasteiger partial charge in [0.15, 0.2) is 0 Å². The van der Waals surface area contributed by atoms with E-state index in [1.165, 1.54) is 0 Å². The largest absolute Gasteiger partial charge is 0.444 e.